The SMILES string of the molecule is CN1C(=O)NC(=O)C2C1N=C1N(c3cccc(Cl)c3)CCN12. The average Bonchev–Trinajstić information content (AvgIpc) is 3.03. The van der Waals surface area contributed by atoms with E-state index in [1.54, 1.807) is 7.05 Å². The van der Waals surface area contributed by atoms with E-state index in [1.165, 1.54) is 4.90 Å². The number of hydrogen-bond acceptors (Lipinski definition) is 5. The summed E-state index contributed by atoms with van der Waals surface area (Å²) in [5, 5.41) is 3.02. The number of benzene rings is 1. The molecule has 7 nitrogen and oxygen atoms in total. The van der Waals surface area contributed by atoms with Gasteiger partial charge in [-0.1, -0.05) is 17.7 Å². The number of anilines is 1. The second kappa shape index (κ2) is 4.61. The molecule has 8 heteroatoms. The first-order chi connectivity index (χ1) is 10.6. The number of halogens is 1. The Bertz CT molecular complexity index is 706. The van der Waals surface area contributed by atoms with Crippen LogP contribution in [0, 0.1) is 0 Å². The fraction of sp³-hybridized carbons (Fsp3) is 0.357. The van der Waals surface area contributed by atoms with Crippen molar-refractivity contribution in [3.8, 4) is 0 Å². The highest BCUT2D eigenvalue weighted by Crippen LogP contribution is 2.31. The van der Waals surface area contributed by atoms with Crippen molar-refractivity contribution in [1.82, 2.24) is 15.1 Å². The Kier molecular flexibility index (Phi) is 2.80. The van der Waals surface area contributed by atoms with Gasteiger partial charge in [-0.15, -0.1) is 0 Å². The van der Waals surface area contributed by atoms with Crippen molar-refractivity contribution in [2.45, 2.75) is 12.2 Å². The van der Waals surface area contributed by atoms with Crippen LogP contribution < -0.4 is 10.2 Å². The van der Waals surface area contributed by atoms with Crippen LogP contribution in [-0.4, -0.2) is 60.0 Å². The molecule has 0 aromatic heterocycles. The molecule has 4 rings (SSSR count). The summed E-state index contributed by atoms with van der Waals surface area (Å²) < 4.78 is 0. The fourth-order valence-corrected chi connectivity index (χ4v) is 3.36. The van der Waals surface area contributed by atoms with E-state index in [4.69, 9.17) is 11.6 Å². The molecule has 2 unspecified atom stereocenters. The van der Waals surface area contributed by atoms with Gasteiger partial charge in [0.1, 0.15) is 0 Å². The van der Waals surface area contributed by atoms with Crippen molar-refractivity contribution in [3.63, 3.8) is 0 Å². The third kappa shape index (κ3) is 1.78. The molecule has 2 atom stereocenters. The maximum Gasteiger partial charge on any atom is 0.325 e. The molecule has 22 heavy (non-hydrogen) atoms. The molecule has 114 valence electrons. The third-order valence-corrected chi connectivity index (χ3v) is 4.50. The van der Waals surface area contributed by atoms with E-state index in [2.05, 4.69) is 10.3 Å². The normalized spacial score (nSPS) is 26.8. The number of nitrogens with zero attached hydrogens (tertiary/aromatic N) is 4. The Balaban J connectivity index is 1.71. The lowest BCUT2D eigenvalue weighted by Gasteiger charge is -2.34. The molecular formula is C14H14ClN5O2. The molecule has 1 aromatic carbocycles. The lowest BCUT2D eigenvalue weighted by atomic mass is 10.1. The minimum absolute atomic E-state index is 0.292. The van der Waals surface area contributed by atoms with Gasteiger partial charge >= 0.3 is 6.03 Å². The second-order valence-electron chi connectivity index (χ2n) is 5.52. The number of fused-ring (bicyclic) bond motifs is 3. The van der Waals surface area contributed by atoms with Crippen molar-refractivity contribution in [1.29, 1.82) is 0 Å². The predicted octanol–water partition coefficient (Wildman–Crippen LogP) is 0.708. The number of urea groups is 1. The molecule has 2 fully saturated rings. The summed E-state index contributed by atoms with van der Waals surface area (Å²) in [6, 6.07) is 6.65. The Morgan fingerprint density at radius 2 is 2.14 bits per heavy atom. The monoisotopic (exact) mass is 319 g/mol. The van der Waals surface area contributed by atoms with Crippen LogP contribution in [0.5, 0.6) is 0 Å². The van der Waals surface area contributed by atoms with Crippen LogP contribution in [0.2, 0.25) is 5.02 Å². The molecular weight excluding hydrogens is 306 g/mol. The van der Waals surface area contributed by atoms with Crippen molar-refractivity contribution in [2.24, 2.45) is 4.99 Å². The summed E-state index contributed by atoms with van der Waals surface area (Å²) in [5.41, 5.74) is 0.932. The van der Waals surface area contributed by atoms with Crippen LogP contribution in [-0.2, 0) is 4.79 Å². The molecule has 3 aliphatic rings. The van der Waals surface area contributed by atoms with Gasteiger partial charge < -0.3 is 14.7 Å². The van der Waals surface area contributed by atoms with E-state index in [0.29, 0.717) is 17.5 Å². The van der Waals surface area contributed by atoms with Gasteiger partial charge in [-0.3, -0.25) is 10.1 Å². The number of hydrogen-bond donors (Lipinski definition) is 1. The Labute approximate surface area is 132 Å². The molecule has 0 spiro atoms. The van der Waals surface area contributed by atoms with E-state index < -0.39 is 18.2 Å². The lowest BCUT2D eigenvalue weighted by Crippen LogP contribution is -2.63. The number of guanidine groups is 1. The molecule has 1 N–H and O–H groups in total. The quantitative estimate of drug-likeness (QED) is 0.827. The van der Waals surface area contributed by atoms with Gasteiger partial charge in [0.25, 0.3) is 5.91 Å². The third-order valence-electron chi connectivity index (χ3n) is 4.26. The molecule has 3 amide bonds. The number of amides is 3. The van der Waals surface area contributed by atoms with Crippen molar-refractivity contribution >= 4 is 35.2 Å². The minimum atomic E-state index is -0.474. The van der Waals surface area contributed by atoms with E-state index in [-0.39, 0.29) is 5.91 Å². The van der Waals surface area contributed by atoms with Crippen molar-refractivity contribution in [3.05, 3.63) is 29.3 Å². The number of likely N-dealkylation sites (N-methyl/N-ethyl adjacent to an activating group) is 1. The highest BCUT2D eigenvalue weighted by Gasteiger charge is 2.51. The number of aliphatic imine (C=N–C) groups is 1. The first-order valence-electron chi connectivity index (χ1n) is 7.01. The van der Waals surface area contributed by atoms with Crippen LogP contribution in [0.15, 0.2) is 29.3 Å². The van der Waals surface area contributed by atoms with Gasteiger partial charge in [0.15, 0.2) is 12.2 Å². The zero-order chi connectivity index (χ0) is 15.4. The number of rotatable bonds is 1. The highest BCUT2D eigenvalue weighted by molar-refractivity contribution is 6.31. The molecule has 0 radical (unpaired) electrons. The summed E-state index contributed by atoms with van der Waals surface area (Å²) >= 11 is 6.06. The van der Waals surface area contributed by atoms with Gasteiger partial charge in [-0.2, -0.15) is 0 Å². The summed E-state index contributed by atoms with van der Waals surface area (Å²) in [4.78, 5) is 33.9. The number of carbonyl (C=O) groups is 2. The Hall–Kier alpha value is -2.28. The predicted molar refractivity (Wildman–Crippen MR) is 81.8 cm³/mol. The number of imide groups is 1. The summed E-state index contributed by atoms with van der Waals surface area (Å²) in [6.45, 7) is 1.41. The van der Waals surface area contributed by atoms with E-state index in [9.17, 15) is 9.59 Å². The first kappa shape index (κ1) is 13.4. The largest absolute Gasteiger partial charge is 0.325 e. The molecule has 2 saturated heterocycles. The minimum Gasteiger partial charge on any atom is -0.325 e. The Morgan fingerprint density at radius 3 is 2.91 bits per heavy atom. The molecule has 0 aliphatic carbocycles. The lowest BCUT2D eigenvalue weighted by molar-refractivity contribution is -0.126. The van der Waals surface area contributed by atoms with Crippen LogP contribution in [0.1, 0.15) is 0 Å². The molecule has 1 aromatic rings. The van der Waals surface area contributed by atoms with E-state index in [0.717, 1.165) is 12.2 Å². The number of nitrogens with one attached hydrogen (secondary N) is 1. The first-order valence-corrected chi connectivity index (χ1v) is 7.39. The second-order valence-corrected chi connectivity index (χ2v) is 5.95. The summed E-state index contributed by atoms with van der Waals surface area (Å²) in [6.07, 6.45) is -0.474. The zero-order valence-corrected chi connectivity index (χ0v) is 12.6. The smallest absolute Gasteiger partial charge is 0.325 e. The van der Waals surface area contributed by atoms with Crippen LogP contribution in [0.4, 0.5) is 10.5 Å². The maximum absolute atomic E-state index is 12.2. The van der Waals surface area contributed by atoms with Crippen LogP contribution in [0.3, 0.4) is 0 Å². The highest BCUT2D eigenvalue weighted by atomic mass is 35.5. The van der Waals surface area contributed by atoms with Gasteiger partial charge in [0, 0.05) is 30.8 Å². The van der Waals surface area contributed by atoms with Gasteiger partial charge in [0.2, 0.25) is 5.96 Å². The van der Waals surface area contributed by atoms with Crippen molar-refractivity contribution < 1.29 is 9.59 Å². The van der Waals surface area contributed by atoms with E-state index in [1.807, 2.05) is 34.1 Å². The topological polar surface area (TPSA) is 68.2 Å². The van der Waals surface area contributed by atoms with Gasteiger partial charge in [0.05, 0.1) is 0 Å². The molecule has 3 aliphatic heterocycles. The number of carbonyl (C=O) groups excluding carboxylic acids is 2. The van der Waals surface area contributed by atoms with Crippen LogP contribution >= 0.6 is 11.6 Å². The van der Waals surface area contributed by atoms with E-state index >= 15 is 0 Å². The Morgan fingerprint density at radius 1 is 1.32 bits per heavy atom. The fourth-order valence-electron chi connectivity index (χ4n) is 3.17. The standard InChI is InChI=1S/C14H14ClN5O2/c1-18-11-10(12(21)17-14(18)22)20-6-5-19(13(20)16-11)9-4-2-3-8(15)7-9/h2-4,7,10-11H,5-6H2,1H3,(H,17,21,22). The maximum atomic E-state index is 12.2. The summed E-state index contributed by atoms with van der Waals surface area (Å²) in [5.74, 6) is 0.425. The zero-order valence-electron chi connectivity index (χ0n) is 11.9. The molecule has 0 saturated carbocycles. The molecule has 0 bridgehead atoms. The average molecular weight is 320 g/mol. The molecule has 3 heterocycles. The van der Waals surface area contributed by atoms with Crippen LogP contribution in [0.25, 0.3) is 0 Å². The van der Waals surface area contributed by atoms with Gasteiger partial charge in [-0.25, -0.2) is 9.79 Å². The van der Waals surface area contributed by atoms with Crippen molar-refractivity contribution in [2.75, 3.05) is 25.0 Å². The van der Waals surface area contributed by atoms with Gasteiger partial charge in [-0.05, 0) is 18.2 Å². The summed E-state index contributed by atoms with van der Waals surface area (Å²) in [7, 11) is 1.65.